The number of hydrogen-bond acceptors (Lipinski definition) is 5. The van der Waals surface area contributed by atoms with Gasteiger partial charge < -0.3 is 14.2 Å². The first kappa shape index (κ1) is 18.5. The second kappa shape index (κ2) is 8.89. The molecule has 6 heteroatoms. The first-order valence-corrected chi connectivity index (χ1v) is 7.77. The minimum Gasteiger partial charge on any atom is -0.497 e. The van der Waals surface area contributed by atoms with Gasteiger partial charge in [-0.25, -0.2) is 4.79 Å². The summed E-state index contributed by atoms with van der Waals surface area (Å²) < 4.78 is 15.2. The highest BCUT2D eigenvalue weighted by Gasteiger charge is 2.15. The van der Waals surface area contributed by atoms with Crippen molar-refractivity contribution in [1.29, 1.82) is 0 Å². The van der Waals surface area contributed by atoms with Crippen molar-refractivity contribution in [2.45, 2.75) is 0 Å². The minimum absolute atomic E-state index is 0.288. The number of benzene rings is 2. The fraction of sp³-hybridized carbons (Fsp3) is 0.158. The third-order valence-electron chi connectivity index (χ3n) is 3.33. The van der Waals surface area contributed by atoms with Gasteiger partial charge in [-0.05, 0) is 42.0 Å². The Balaban J connectivity index is 1.97. The first-order chi connectivity index (χ1) is 12.0. The molecule has 25 heavy (non-hydrogen) atoms. The van der Waals surface area contributed by atoms with E-state index in [9.17, 15) is 9.59 Å². The molecule has 0 aliphatic carbocycles. The van der Waals surface area contributed by atoms with E-state index in [0.29, 0.717) is 16.5 Å². The van der Waals surface area contributed by atoms with Gasteiger partial charge in [-0.3, -0.25) is 4.79 Å². The van der Waals surface area contributed by atoms with Crippen LogP contribution >= 0.6 is 11.6 Å². The van der Waals surface area contributed by atoms with E-state index in [0.717, 1.165) is 5.56 Å². The third kappa shape index (κ3) is 5.36. The maximum atomic E-state index is 12.3. The molecule has 2 aromatic carbocycles. The van der Waals surface area contributed by atoms with Crippen LogP contribution in [0.4, 0.5) is 0 Å². The predicted octanol–water partition coefficient (Wildman–Crippen LogP) is 3.80. The minimum atomic E-state index is -0.620. The van der Waals surface area contributed by atoms with E-state index in [1.54, 1.807) is 48.5 Å². The third-order valence-corrected chi connectivity index (χ3v) is 3.59. The SMILES string of the molecule is COc1ccc(OC)c(C(=O)COC(=O)/C=C/c2ccc(Cl)cc2)c1. The van der Waals surface area contributed by atoms with Crippen molar-refractivity contribution >= 4 is 29.4 Å². The molecule has 0 saturated carbocycles. The monoisotopic (exact) mass is 360 g/mol. The molecule has 0 spiro atoms. The molecule has 130 valence electrons. The number of ether oxygens (including phenoxy) is 3. The predicted molar refractivity (Wildman–Crippen MR) is 95.3 cm³/mol. The highest BCUT2D eigenvalue weighted by atomic mass is 35.5. The molecule has 0 fully saturated rings. The molecule has 2 rings (SSSR count). The zero-order valence-corrected chi connectivity index (χ0v) is 14.6. The summed E-state index contributed by atoms with van der Waals surface area (Å²) in [6.45, 7) is -0.396. The zero-order valence-electron chi connectivity index (χ0n) is 13.8. The van der Waals surface area contributed by atoms with E-state index < -0.39 is 12.6 Å². The average molecular weight is 361 g/mol. The van der Waals surface area contributed by atoms with Crippen LogP contribution in [-0.4, -0.2) is 32.6 Å². The lowest BCUT2D eigenvalue weighted by Crippen LogP contribution is -2.13. The van der Waals surface area contributed by atoms with Gasteiger partial charge in [-0.1, -0.05) is 23.7 Å². The van der Waals surface area contributed by atoms with Crippen LogP contribution in [0.2, 0.25) is 5.02 Å². The van der Waals surface area contributed by atoms with Crippen molar-refractivity contribution in [2.75, 3.05) is 20.8 Å². The van der Waals surface area contributed by atoms with Crippen LogP contribution in [0.1, 0.15) is 15.9 Å². The Morgan fingerprint density at radius 2 is 1.76 bits per heavy atom. The summed E-state index contributed by atoms with van der Waals surface area (Å²) in [6.07, 6.45) is 2.83. The van der Waals surface area contributed by atoms with Crippen LogP contribution in [-0.2, 0) is 9.53 Å². The van der Waals surface area contributed by atoms with Crippen molar-refractivity contribution < 1.29 is 23.8 Å². The molecule has 0 bridgehead atoms. The topological polar surface area (TPSA) is 61.8 Å². The molecule has 0 N–H and O–H groups in total. The van der Waals surface area contributed by atoms with Gasteiger partial charge in [0.1, 0.15) is 11.5 Å². The van der Waals surface area contributed by atoms with Gasteiger partial charge in [-0.2, -0.15) is 0 Å². The molecule has 0 saturated heterocycles. The molecule has 0 unspecified atom stereocenters. The normalized spacial score (nSPS) is 10.5. The average Bonchev–Trinajstić information content (AvgIpc) is 2.65. The first-order valence-electron chi connectivity index (χ1n) is 7.39. The number of esters is 1. The number of rotatable bonds is 7. The lowest BCUT2D eigenvalue weighted by Gasteiger charge is -2.09. The van der Waals surface area contributed by atoms with Gasteiger partial charge in [0.2, 0.25) is 5.78 Å². The summed E-state index contributed by atoms with van der Waals surface area (Å²) in [7, 11) is 2.96. The largest absolute Gasteiger partial charge is 0.497 e. The summed E-state index contributed by atoms with van der Waals surface area (Å²) in [6, 6.07) is 11.8. The summed E-state index contributed by atoms with van der Waals surface area (Å²) in [5.41, 5.74) is 1.08. The Labute approximate surface area is 150 Å². The highest BCUT2D eigenvalue weighted by molar-refractivity contribution is 6.30. The number of hydrogen-bond donors (Lipinski definition) is 0. The molecule has 0 heterocycles. The van der Waals surface area contributed by atoms with Gasteiger partial charge in [0.25, 0.3) is 0 Å². The molecule has 0 aromatic heterocycles. The smallest absolute Gasteiger partial charge is 0.331 e. The van der Waals surface area contributed by atoms with E-state index in [1.807, 2.05) is 0 Å². The van der Waals surface area contributed by atoms with Crippen LogP contribution in [0.5, 0.6) is 11.5 Å². The zero-order chi connectivity index (χ0) is 18.2. The Hall–Kier alpha value is -2.79. The number of carbonyl (C=O) groups excluding carboxylic acids is 2. The number of Topliss-reactive ketones (excluding diaryl/α,β-unsaturated/α-hetero) is 1. The van der Waals surface area contributed by atoms with Crippen LogP contribution in [0.15, 0.2) is 48.5 Å². The summed E-state index contributed by atoms with van der Waals surface area (Å²) in [5, 5.41) is 0.609. The molecular formula is C19H17ClO5. The highest BCUT2D eigenvalue weighted by Crippen LogP contribution is 2.24. The maximum Gasteiger partial charge on any atom is 0.331 e. The molecule has 0 aliphatic rings. The van der Waals surface area contributed by atoms with Crippen LogP contribution in [0.25, 0.3) is 6.08 Å². The van der Waals surface area contributed by atoms with Crippen molar-refractivity contribution in [3.63, 3.8) is 0 Å². The fourth-order valence-corrected chi connectivity index (χ4v) is 2.16. The lowest BCUT2D eigenvalue weighted by atomic mass is 10.1. The molecular weight excluding hydrogens is 344 g/mol. The van der Waals surface area contributed by atoms with E-state index in [2.05, 4.69) is 0 Å². The van der Waals surface area contributed by atoms with Crippen molar-refractivity contribution in [3.05, 3.63) is 64.7 Å². The van der Waals surface area contributed by atoms with Crippen molar-refractivity contribution in [1.82, 2.24) is 0 Å². The Kier molecular flexibility index (Phi) is 6.60. The summed E-state index contributed by atoms with van der Waals surface area (Å²) in [5.74, 6) is -0.106. The maximum absolute atomic E-state index is 12.3. The molecule has 2 aromatic rings. The molecule has 0 amide bonds. The van der Waals surface area contributed by atoms with Gasteiger partial charge >= 0.3 is 5.97 Å². The number of methoxy groups -OCH3 is 2. The molecule has 0 radical (unpaired) electrons. The van der Waals surface area contributed by atoms with E-state index in [4.69, 9.17) is 25.8 Å². The van der Waals surface area contributed by atoms with Crippen LogP contribution in [0.3, 0.4) is 0 Å². The lowest BCUT2D eigenvalue weighted by molar-refractivity contribution is -0.136. The quantitative estimate of drug-likeness (QED) is 0.427. The number of carbonyl (C=O) groups is 2. The van der Waals surface area contributed by atoms with Gasteiger partial charge in [-0.15, -0.1) is 0 Å². The van der Waals surface area contributed by atoms with E-state index in [1.165, 1.54) is 20.3 Å². The number of halogens is 1. The second-order valence-electron chi connectivity index (χ2n) is 4.98. The van der Waals surface area contributed by atoms with Crippen LogP contribution < -0.4 is 9.47 Å². The fourth-order valence-electron chi connectivity index (χ4n) is 2.03. The van der Waals surface area contributed by atoms with Crippen molar-refractivity contribution in [2.24, 2.45) is 0 Å². The van der Waals surface area contributed by atoms with Gasteiger partial charge in [0.15, 0.2) is 6.61 Å². The Morgan fingerprint density at radius 1 is 1.04 bits per heavy atom. The van der Waals surface area contributed by atoms with E-state index in [-0.39, 0.29) is 11.3 Å². The Morgan fingerprint density at radius 3 is 2.40 bits per heavy atom. The molecule has 0 atom stereocenters. The van der Waals surface area contributed by atoms with Gasteiger partial charge in [0.05, 0.1) is 19.8 Å². The molecule has 5 nitrogen and oxygen atoms in total. The van der Waals surface area contributed by atoms with Gasteiger partial charge in [0, 0.05) is 11.1 Å². The summed E-state index contributed by atoms with van der Waals surface area (Å²) >= 11 is 5.79. The Bertz CT molecular complexity index is 781. The summed E-state index contributed by atoms with van der Waals surface area (Å²) in [4.78, 5) is 24.0. The standard InChI is InChI=1S/C19H17ClO5/c1-23-15-8-9-18(24-2)16(11-15)17(21)12-25-19(22)10-5-13-3-6-14(20)7-4-13/h3-11H,12H2,1-2H3/b10-5+. The van der Waals surface area contributed by atoms with Crippen LogP contribution in [0, 0.1) is 0 Å². The second-order valence-corrected chi connectivity index (χ2v) is 5.42. The number of ketones is 1. The molecule has 0 aliphatic heterocycles. The van der Waals surface area contributed by atoms with Crippen molar-refractivity contribution in [3.8, 4) is 11.5 Å². The van der Waals surface area contributed by atoms with E-state index >= 15 is 0 Å².